The van der Waals surface area contributed by atoms with Crippen molar-refractivity contribution < 1.29 is 17.9 Å². The summed E-state index contributed by atoms with van der Waals surface area (Å²) in [5, 5.41) is 2.85. The molecule has 1 aromatic rings. The molecule has 0 spiro atoms. The van der Waals surface area contributed by atoms with E-state index in [2.05, 4.69) is 20.0 Å². The maximum absolute atomic E-state index is 11.9. The summed E-state index contributed by atoms with van der Waals surface area (Å²) in [6, 6.07) is 0. The zero-order chi connectivity index (χ0) is 13.1. The van der Waals surface area contributed by atoms with Crippen LogP contribution in [0.5, 0.6) is 0 Å². The number of nitrogens with zero attached hydrogens (tertiary/aromatic N) is 2. The van der Waals surface area contributed by atoms with Crippen molar-refractivity contribution in [3.05, 3.63) is 17.1 Å². The van der Waals surface area contributed by atoms with Gasteiger partial charge in [-0.15, -0.1) is 0 Å². The highest BCUT2D eigenvalue weighted by atomic mass is 19.4. The minimum atomic E-state index is -4.33. The monoisotopic (exact) mass is 249 g/mol. The number of hydrogen-bond acceptors (Lipinski definition) is 4. The smallest absolute Gasteiger partial charge is 0.373 e. The molecular weight excluding hydrogens is 235 g/mol. The number of rotatable bonds is 4. The fourth-order valence-electron chi connectivity index (χ4n) is 1.25. The largest absolute Gasteiger partial charge is 0.411 e. The first-order valence-electron chi connectivity index (χ1n) is 5.00. The number of halogens is 3. The van der Waals surface area contributed by atoms with Crippen molar-refractivity contribution in [1.82, 2.24) is 9.97 Å². The van der Waals surface area contributed by atoms with Crippen molar-refractivity contribution in [2.75, 3.05) is 19.0 Å². The lowest BCUT2D eigenvalue weighted by atomic mass is 10.2. The van der Waals surface area contributed by atoms with Crippen LogP contribution in [0.4, 0.5) is 19.0 Å². The summed E-state index contributed by atoms with van der Waals surface area (Å²) in [4.78, 5) is 8.11. The lowest BCUT2D eigenvalue weighted by Crippen LogP contribution is -2.17. The first kappa shape index (κ1) is 13.7. The molecule has 0 saturated carbocycles. The second-order valence-corrected chi connectivity index (χ2v) is 3.56. The van der Waals surface area contributed by atoms with Crippen molar-refractivity contribution in [3.63, 3.8) is 0 Å². The summed E-state index contributed by atoms with van der Waals surface area (Å²) in [6.07, 6.45) is -4.33. The Morgan fingerprint density at radius 2 is 1.88 bits per heavy atom. The fraction of sp³-hybridized carbons (Fsp3) is 0.600. The van der Waals surface area contributed by atoms with E-state index in [-0.39, 0.29) is 12.4 Å². The Hall–Kier alpha value is -1.37. The molecule has 0 aliphatic carbocycles. The molecule has 0 aliphatic heterocycles. The Morgan fingerprint density at radius 1 is 1.24 bits per heavy atom. The van der Waals surface area contributed by atoms with Gasteiger partial charge >= 0.3 is 6.18 Å². The van der Waals surface area contributed by atoms with E-state index >= 15 is 0 Å². The van der Waals surface area contributed by atoms with Crippen molar-refractivity contribution >= 4 is 5.82 Å². The molecule has 0 bridgehead atoms. The SMILES string of the molecule is CNc1nc(COCC(F)(F)F)nc(C)c1C. The van der Waals surface area contributed by atoms with Crippen LogP contribution >= 0.6 is 0 Å². The molecule has 0 aromatic carbocycles. The van der Waals surface area contributed by atoms with E-state index in [1.54, 1.807) is 14.0 Å². The molecule has 17 heavy (non-hydrogen) atoms. The molecular formula is C10H14F3N3O. The molecule has 0 amide bonds. The van der Waals surface area contributed by atoms with Crippen LogP contribution < -0.4 is 5.32 Å². The Labute approximate surface area is 97.2 Å². The van der Waals surface area contributed by atoms with Gasteiger partial charge in [0.2, 0.25) is 0 Å². The summed E-state index contributed by atoms with van der Waals surface area (Å²) < 4.78 is 40.1. The summed E-state index contributed by atoms with van der Waals surface area (Å²) in [7, 11) is 1.69. The maximum atomic E-state index is 11.9. The highest BCUT2D eigenvalue weighted by molar-refractivity contribution is 5.44. The second kappa shape index (κ2) is 5.31. The molecule has 0 fully saturated rings. The normalized spacial score (nSPS) is 11.6. The minimum Gasteiger partial charge on any atom is -0.373 e. The third-order valence-corrected chi connectivity index (χ3v) is 2.17. The molecule has 1 rings (SSSR count). The number of hydrogen-bond donors (Lipinski definition) is 1. The van der Waals surface area contributed by atoms with Crippen LogP contribution in [-0.4, -0.2) is 29.8 Å². The first-order valence-corrected chi connectivity index (χ1v) is 5.00. The van der Waals surface area contributed by atoms with Gasteiger partial charge in [-0.2, -0.15) is 13.2 Å². The van der Waals surface area contributed by atoms with Gasteiger partial charge in [-0.3, -0.25) is 0 Å². The molecule has 0 saturated heterocycles. The molecule has 96 valence electrons. The second-order valence-electron chi connectivity index (χ2n) is 3.56. The zero-order valence-corrected chi connectivity index (χ0v) is 9.85. The summed E-state index contributed by atoms with van der Waals surface area (Å²) in [5.41, 5.74) is 1.59. The number of alkyl halides is 3. The number of nitrogens with one attached hydrogen (secondary N) is 1. The van der Waals surface area contributed by atoms with E-state index in [1.807, 2.05) is 6.92 Å². The average molecular weight is 249 g/mol. The van der Waals surface area contributed by atoms with Crippen LogP contribution in [0.1, 0.15) is 17.1 Å². The third kappa shape index (κ3) is 4.18. The highest BCUT2D eigenvalue weighted by Crippen LogP contribution is 2.17. The van der Waals surface area contributed by atoms with E-state index in [0.29, 0.717) is 5.82 Å². The number of aromatic nitrogens is 2. The molecule has 7 heteroatoms. The van der Waals surface area contributed by atoms with Gasteiger partial charge in [-0.05, 0) is 13.8 Å². The van der Waals surface area contributed by atoms with E-state index in [1.165, 1.54) is 0 Å². The third-order valence-electron chi connectivity index (χ3n) is 2.17. The van der Waals surface area contributed by atoms with Gasteiger partial charge in [-0.25, -0.2) is 9.97 Å². The molecule has 0 radical (unpaired) electrons. The van der Waals surface area contributed by atoms with Gasteiger partial charge in [0.15, 0.2) is 5.82 Å². The van der Waals surface area contributed by atoms with Crippen LogP contribution in [0.2, 0.25) is 0 Å². The molecule has 1 N–H and O–H groups in total. The molecule has 0 unspecified atom stereocenters. The summed E-state index contributed by atoms with van der Waals surface area (Å²) in [5.74, 6) is 0.838. The Kier molecular flexibility index (Phi) is 4.28. The predicted octanol–water partition coefficient (Wildman–Crippen LogP) is 2.21. The molecule has 0 aliphatic rings. The summed E-state index contributed by atoms with van der Waals surface area (Å²) in [6.45, 7) is 2.06. The molecule has 0 atom stereocenters. The van der Waals surface area contributed by atoms with Gasteiger partial charge < -0.3 is 10.1 Å². The van der Waals surface area contributed by atoms with Crippen molar-refractivity contribution in [3.8, 4) is 0 Å². The Balaban J connectivity index is 2.69. The van der Waals surface area contributed by atoms with Crippen LogP contribution in [-0.2, 0) is 11.3 Å². The minimum absolute atomic E-state index is 0.238. The van der Waals surface area contributed by atoms with Gasteiger partial charge in [0.1, 0.15) is 19.0 Å². The standard InChI is InChI=1S/C10H14F3N3O/c1-6-7(2)15-8(16-9(6)14-3)4-17-5-10(11,12)13/h4-5H2,1-3H3,(H,14,15,16). The lowest BCUT2D eigenvalue weighted by molar-refractivity contribution is -0.177. The zero-order valence-electron chi connectivity index (χ0n) is 9.85. The molecule has 4 nitrogen and oxygen atoms in total. The van der Waals surface area contributed by atoms with Crippen molar-refractivity contribution in [1.29, 1.82) is 0 Å². The van der Waals surface area contributed by atoms with Gasteiger partial charge in [0.05, 0.1) is 0 Å². The maximum Gasteiger partial charge on any atom is 0.411 e. The van der Waals surface area contributed by atoms with E-state index in [4.69, 9.17) is 0 Å². The Morgan fingerprint density at radius 3 is 2.41 bits per heavy atom. The van der Waals surface area contributed by atoms with Crippen LogP contribution in [0.25, 0.3) is 0 Å². The van der Waals surface area contributed by atoms with Gasteiger partial charge in [0, 0.05) is 18.3 Å². The molecule has 1 aromatic heterocycles. The van der Waals surface area contributed by atoms with Gasteiger partial charge in [0.25, 0.3) is 0 Å². The van der Waals surface area contributed by atoms with Crippen LogP contribution in [0, 0.1) is 13.8 Å². The Bertz CT molecular complexity index is 393. The topological polar surface area (TPSA) is 47.0 Å². The van der Waals surface area contributed by atoms with E-state index in [0.717, 1.165) is 11.3 Å². The lowest BCUT2D eigenvalue weighted by Gasteiger charge is -2.10. The quantitative estimate of drug-likeness (QED) is 0.888. The number of ether oxygens (including phenoxy) is 1. The van der Waals surface area contributed by atoms with Crippen molar-refractivity contribution in [2.45, 2.75) is 26.6 Å². The van der Waals surface area contributed by atoms with E-state index < -0.39 is 12.8 Å². The number of aryl methyl sites for hydroxylation is 1. The molecule has 1 heterocycles. The predicted molar refractivity (Wildman–Crippen MR) is 56.8 cm³/mol. The van der Waals surface area contributed by atoms with E-state index in [9.17, 15) is 13.2 Å². The highest BCUT2D eigenvalue weighted by Gasteiger charge is 2.27. The average Bonchev–Trinajstić information content (AvgIpc) is 2.21. The van der Waals surface area contributed by atoms with Crippen molar-refractivity contribution in [2.24, 2.45) is 0 Å². The van der Waals surface area contributed by atoms with Crippen LogP contribution in [0.15, 0.2) is 0 Å². The van der Waals surface area contributed by atoms with Gasteiger partial charge in [-0.1, -0.05) is 0 Å². The first-order chi connectivity index (χ1) is 7.83. The number of anilines is 1. The fourth-order valence-corrected chi connectivity index (χ4v) is 1.25. The van der Waals surface area contributed by atoms with Crippen LogP contribution in [0.3, 0.4) is 0 Å². The summed E-state index contributed by atoms with van der Waals surface area (Å²) >= 11 is 0.